The van der Waals surface area contributed by atoms with Crippen molar-refractivity contribution in [2.24, 2.45) is 0 Å². The molecule has 3 nitrogen and oxygen atoms in total. The number of ether oxygens (including phenoxy) is 2. The molecule has 1 fully saturated rings. The van der Waals surface area contributed by atoms with Gasteiger partial charge >= 0.3 is 0 Å². The fourth-order valence-corrected chi connectivity index (χ4v) is 2.78. The van der Waals surface area contributed by atoms with Crippen LogP contribution in [0.5, 0.6) is 0 Å². The summed E-state index contributed by atoms with van der Waals surface area (Å²) >= 11 is 3.52. The highest BCUT2D eigenvalue weighted by Crippen LogP contribution is 2.24. The topological polar surface area (TPSA) is 30.5 Å². The van der Waals surface area contributed by atoms with Crippen LogP contribution in [0.2, 0.25) is 0 Å². The molecule has 1 aromatic rings. The van der Waals surface area contributed by atoms with E-state index in [1.165, 1.54) is 5.56 Å². The van der Waals surface area contributed by atoms with Gasteiger partial charge in [-0.05, 0) is 38.0 Å². The van der Waals surface area contributed by atoms with Gasteiger partial charge in [-0.3, -0.25) is 0 Å². The van der Waals surface area contributed by atoms with Crippen LogP contribution < -0.4 is 5.32 Å². The summed E-state index contributed by atoms with van der Waals surface area (Å²) in [6.45, 7) is 7.58. The molecule has 106 valence electrons. The van der Waals surface area contributed by atoms with Gasteiger partial charge in [0.2, 0.25) is 0 Å². The van der Waals surface area contributed by atoms with Gasteiger partial charge < -0.3 is 14.8 Å². The van der Waals surface area contributed by atoms with Gasteiger partial charge in [0.15, 0.2) is 5.79 Å². The lowest BCUT2D eigenvalue weighted by atomic mass is 10.0. The van der Waals surface area contributed by atoms with E-state index >= 15 is 0 Å². The Morgan fingerprint density at radius 3 is 2.84 bits per heavy atom. The zero-order valence-corrected chi connectivity index (χ0v) is 13.4. The summed E-state index contributed by atoms with van der Waals surface area (Å²) in [5, 5.41) is 3.57. The van der Waals surface area contributed by atoms with E-state index in [9.17, 15) is 0 Å². The van der Waals surface area contributed by atoms with Crippen molar-refractivity contribution in [3.05, 3.63) is 34.3 Å². The lowest BCUT2D eigenvalue weighted by Crippen LogP contribution is -2.32. The Morgan fingerprint density at radius 2 is 2.26 bits per heavy atom. The lowest BCUT2D eigenvalue weighted by molar-refractivity contribution is -0.137. The van der Waals surface area contributed by atoms with Crippen LogP contribution in [0.3, 0.4) is 0 Å². The third-order valence-corrected chi connectivity index (χ3v) is 3.81. The van der Waals surface area contributed by atoms with Crippen molar-refractivity contribution < 1.29 is 9.47 Å². The van der Waals surface area contributed by atoms with Crippen LogP contribution in [0.25, 0.3) is 0 Å². The zero-order chi connectivity index (χ0) is 13.9. The fraction of sp³-hybridized carbons (Fsp3) is 0.600. The molecule has 1 saturated heterocycles. The van der Waals surface area contributed by atoms with Gasteiger partial charge in [-0.1, -0.05) is 35.0 Å². The molecule has 2 rings (SSSR count). The lowest BCUT2D eigenvalue weighted by Gasteiger charge is -2.21. The van der Waals surface area contributed by atoms with Gasteiger partial charge in [0.25, 0.3) is 0 Å². The van der Waals surface area contributed by atoms with Crippen LogP contribution >= 0.6 is 15.9 Å². The third kappa shape index (κ3) is 4.28. The van der Waals surface area contributed by atoms with Crippen molar-refractivity contribution in [3.63, 3.8) is 0 Å². The molecule has 1 aromatic carbocycles. The summed E-state index contributed by atoms with van der Waals surface area (Å²) in [5.41, 5.74) is 1.30. The molecule has 0 amide bonds. The SMILES string of the molecule is CCC(NCC1COC(C)(C)O1)c1cccc(Br)c1. The Morgan fingerprint density at radius 1 is 1.47 bits per heavy atom. The van der Waals surface area contributed by atoms with E-state index < -0.39 is 5.79 Å². The number of hydrogen-bond donors (Lipinski definition) is 1. The van der Waals surface area contributed by atoms with Crippen LogP contribution in [0.1, 0.15) is 38.8 Å². The Labute approximate surface area is 123 Å². The number of hydrogen-bond acceptors (Lipinski definition) is 3. The molecule has 0 bridgehead atoms. The second-order valence-corrected chi connectivity index (χ2v) is 6.29. The molecular weight excluding hydrogens is 306 g/mol. The molecule has 1 N–H and O–H groups in total. The van der Waals surface area contributed by atoms with Gasteiger partial charge in [-0.2, -0.15) is 0 Å². The number of benzene rings is 1. The third-order valence-electron chi connectivity index (χ3n) is 3.32. The molecule has 2 atom stereocenters. The first-order chi connectivity index (χ1) is 9.00. The minimum atomic E-state index is -0.441. The Hall–Kier alpha value is -0.420. The average Bonchev–Trinajstić information content (AvgIpc) is 2.70. The summed E-state index contributed by atoms with van der Waals surface area (Å²) in [4.78, 5) is 0. The molecule has 0 radical (unpaired) electrons. The van der Waals surface area contributed by atoms with Crippen LogP contribution in [-0.2, 0) is 9.47 Å². The highest BCUT2D eigenvalue weighted by atomic mass is 79.9. The summed E-state index contributed by atoms with van der Waals surface area (Å²) in [6, 6.07) is 8.79. The standard InChI is InChI=1S/C15H22BrNO2/c1-4-14(11-6-5-7-12(16)8-11)17-9-13-10-18-15(2,3)19-13/h5-8,13-14,17H,4,9-10H2,1-3H3. The Balaban J connectivity index is 1.90. The summed E-state index contributed by atoms with van der Waals surface area (Å²) in [6.07, 6.45) is 1.18. The maximum atomic E-state index is 5.81. The van der Waals surface area contributed by atoms with Gasteiger partial charge in [0.05, 0.1) is 12.7 Å². The zero-order valence-electron chi connectivity index (χ0n) is 11.8. The Kier molecular flexibility index (Phi) is 5.01. The van der Waals surface area contributed by atoms with Crippen LogP contribution in [-0.4, -0.2) is 25.0 Å². The number of nitrogens with one attached hydrogen (secondary N) is 1. The molecule has 0 spiro atoms. The summed E-state index contributed by atoms with van der Waals surface area (Å²) in [5.74, 6) is -0.441. The number of halogens is 1. The highest BCUT2D eigenvalue weighted by Gasteiger charge is 2.32. The molecule has 1 aliphatic rings. The van der Waals surface area contributed by atoms with E-state index in [4.69, 9.17) is 9.47 Å². The van der Waals surface area contributed by atoms with Gasteiger partial charge in [-0.25, -0.2) is 0 Å². The minimum Gasteiger partial charge on any atom is -0.348 e. The quantitative estimate of drug-likeness (QED) is 0.895. The van der Waals surface area contributed by atoms with Crippen LogP contribution in [0.4, 0.5) is 0 Å². The second kappa shape index (κ2) is 6.35. The molecule has 0 aliphatic carbocycles. The largest absolute Gasteiger partial charge is 0.348 e. The van der Waals surface area contributed by atoms with Gasteiger partial charge in [0, 0.05) is 17.1 Å². The van der Waals surface area contributed by atoms with E-state index in [2.05, 4.69) is 46.4 Å². The van der Waals surface area contributed by atoms with E-state index in [-0.39, 0.29) is 6.10 Å². The fourth-order valence-electron chi connectivity index (χ4n) is 2.36. The molecular formula is C15H22BrNO2. The van der Waals surface area contributed by atoms with Crippen molar-refractivity contribution in [3.8, 4) is 0 Å². The molecule has 4 heteroatoms. The van der Waals surface area contributed by atoms with E-state index in [0.717, 1.165) is 17.4 Å². The molecule has 0 aromatic heterocycles. The molecule has 1 heterocycles. The van der Waals surface area contributed by atoms with Gasteiger partial charge in [0.1, 0.15) is 0 Å². The first kappa shape index (κ1) is 15.0. The maximum absolute atomic E-state index is 5.81. The molecule has 2 unspecified atom stereocenters. The predicted molar refractivity (Wildman–Crippen MR) is 80.1 cm³/mol. The predicted octanol–water partition coefficient (Wildman–Crippen LogP) is 3.64. The monoisotopic (exact) mass is 327 g/mol. The normalized spacial score (nSPS) is 23.5. The van der Waals surface area contributed by atoms with Crippen molar-refractivity contribution >= 4 is 15.9 Å². The van der Waals surface area contributed by atoms with Crippen molar-refractivity contribution in [2.45, 2.75) is 45.1 Å². The first-order valence-electron chi connectivity index (χ1n) is 6.81. The molecule has 0 saturated carbocycles. The summed E-state index contributed by atoms with van der Waals surface area (Å²) in [7, 11) is 0. The highest BCUT2D eigenvalue weighted by molar-refractivity contribution is 9.10. The van der Waals surface area contributed by atoms with Crippen molar-refractivity contribution in [1.29, 1.82) is 0 Å². The molecule has 1 aliphatic heterocycles. The van der Waals surface area contributed by atoms with E-state index in [1.54, 1.807) is 0 Å². The van der Waals surface area contributed by atoms with Crippen molar-refractivity contribution in [2.75, 3.05) is 13.2 Å². The Bertz CT molecular complexity index is 422. The van der Waals surface area contributed by atoms with Crippen molar-refractivity contribution in [1.82, 2.24) is 5.32 Å². The van der Waals surface area contributed by atoms with Crippen LogP contribution in [0.15, 0.2) is 28.7 Å². The first-order valence-corrected chi connectivity index (χ1v) is 7.60. The van der Waals surface area contributed by atoms with E-state index in [0.29, 0.717) is 12.6 Å². The smallest absolute Gasteiger partial charge is 0.163 e. The van der Waals surface area contributed by atoms with Crippen LogP contribution in [0, 0.1) is 0 Å². The maximum Gasteiger partial charge on any atom is 0.163 e. The van der Waals surface area contributed by atoms with E-state index in [1.807, 2.05) is 19.9 Å². The average molecular weight is 328 g/mol. The number of rotatable bonds is 5. The minimum absolute atomic E-state index is 0.135. The summed E-state index contributed by atoms with van der Waals surface area (Å²) < 4.78 is 12.5. The second-order valence-electron chi connectivity index (χ2n) is 5.37. The molecule has 19 heavy (non-hydrogen) atoms. The van der Waals surface area contributed by atoms with Gasteiger partial charge in [-0.15, -0.1) is 0 Å².